The lowest BCUT2D eigenvalue weighted by atomic mass is 10.2. The fourth-order valence-corrected chi connectivity index (χ4v) is 1.78. The topological polar surface area (TPSA) is 66.6 Å². The number of benzene rings is 1. The zero-order chi connectivity index (χ0) is 13.2. The van der Waals surface area contributed by atoms with Crippen molar-refractivity contribution >= 4 is 0 Å². The van der Waals surface area contributed by atoms with E-state index >= 15 is 0 Å². The molecule has 0 aliphatic carbocycles. The molecule has 0 unspecified atom stereocenters. The summed E-state index contributed by atoms with van der Waals surface area (Å²) in [7, 11) is 0. The van der Waals surface area contributed by atoms with Gasteiger partial charge in [-0.2, -0.15) is 0 Å². The number of fused-ring (bicyclic) bond motifs is 1. The maximum Gasteiger partial charge on any atom is 0.231 e. The lowest BCUT2D eigenvalue weighted by molar-refractivity contribution is 0.174. The van der Waals surface area contributed by atoms with Gasteiger partial charge in [0.15, 0.2) is 11.5 Å². The molecule has 1 aromatic heterocycles. The Morgan fingerprint density at radius 2 is 2.05 bits per heavy atom. The predicted molar refractivity (Wildman–Crippen MR) is 69.5 cm³/mol. The molecular formula is C14H14N2O3. The minimum Gasteiger partial charge on any atom is -0.454 e. The third-order valence-electron chi connectivity index (χ3n) is 2.85. The Bertz CT molecular complexity index is 582. The average Bonchev–Trinajstić information content (AvgIpc) is 2.87. The van der Waals surface area contributed by atoms with Crippen molar-refractivity contribution in [3.63, 3.8) is 0 Å². The molecule has 0 amide bonds. The van der Waals surface area contributed by atoms with Crippen molar-refractivity contribution in [2.24, 2.45) is 5.73 Å². The number of rotatable bonds is 3. The predicted octanol–water partition coefficient (Wildman–Crippen LogP) is 2.62. The van der Waals surface area contributed by atoms with Crippen molar-refractivity contribution < 1.29 is 14.2 Å². The molecule has 0 radical (unpaired) electrons. The quantitative estimate of drug-likeness (QED) is 0.916. The molecule has 1 aliphatic heterocycles. The Morgan fingerprint density at radius 3 is 2.79 bits per heavy atom. The fourth-order valence-electron chi connectivity index (χ4n) is 1.78. The van der Waals surface area contributed by atoms with Crippen LogP contribution in [0.15, 0.2) is 36.5 Å². The second kappa shape index (κ2) is 4.78. The molecule has 19 heavy (non-hydrogen) atoms. The third-order valence-corrected chi connectivity index (χ3v) is 2.85. The van der Waals surface area contributed by atoms with Crippen molar-refractivity contribution in [2.45, 2.75) is 13.0 Å². The molecule has 0 saturated carbocycles. The molecule has 0 bridgehead atoms. The van der Waals surface area contributed by atoms with Crippen LogP contribution in [0, 0.1) is 0 Å². The van der Waals surface area contributed by atoms with Crippen molar-refractivity contribution in [3.8, 4) is 23.1 Å². The summed E-state index contributed by atoms with van der Waals surface area (Å²) < 4.78 is 16.2. The number of aromatic nitrogens is 1. The molecule has 5 heteroatoms. The molecule has 98 valence electrons. The van der Waals surface area contributed by atoms with E-state index in [2.05, 4.69) is 4.98 Å². The summed E-state index contributed by atoms with van der Waals surface area (Å²) in [6, 6.07) is 9.07. The molecule has 0 spiro atoms. The van der Waals surface area contributed by atoms with Crippen LogP contribution in [-0.2, 0) is 0 Å². The van der Waals surface area contributed by atoms with E-state index in [9.17, 15) is 0 Å². The van der Waals surface area contributed by atoms with E-state index in [0.29, 0.717) is 17.4 Å². The van der Waals surface area contributed by atoms with Crippen molar-refractivity contribution in [1.82, 2.24) is 4.98 Å². The third kappa shape index (κ3) is 2.46. The zero-order valence-corrected chi connectivity index (χ0v) is 10.5. The first-order valence-electron chi connectivity index (χ1n) is 6.01. The molecule has 0 fully saturated rings. The summed E-state index contributed by atoms with van der Waals surface area (Å²) in [5.41, 5.74) is 6.74. The van der Waals surface area contributed by atoms with Crippen LogP contribution in [0.3, 0.4) is 0 Å². The van der Waals surface area contributed by atoms with E-state index in [4.69, 9.17) is 19.9 Å². The van der Waals surface area contributed by atoms with Crippen molar-refractivity contribution in [2.75, 3.05) is 6.79 Å². The molecule has 3 rings (SSSR count). The minimum atomic E-state index is -0.0351. The zero-order valence-electron chi connectivity index (χ0n) is 10.5. The summed E-state index contributed by atoms with van der Waals surface area (Å²) in [5, 5.41) is 0. The van der Waals surface area contributed by atoms with E-state index < -0.39 is 0 Å². The highest BCUT2D eigenvalue weighted by molar-refractivity contribution is 5.47. The van der Waals surface area contributed by atoms with E-state index in [1.807, 2.05) is 25.1 Å². The van der Waals surface area contributed by atoms with E-state index in [1.54, 1.807) is 18.3 Å². The molecule has 2 aromatic rings. The van der Waals surface area contributed by atoms with Crippen LogP contribution in [-0.4, -0.2) is 11.8 Å². The molecular weight excluding hydrogens is 244 g/mol. The van der Waals surface area contributed by atoms with Crippen LogP contribution in [0.5, 0.6) is 23.1 Å². The van der Waals surface area contributed by atoms with Crippen molar-refractivity contribution in [1.29, 1.82) is 0 Å². The summed E-state index contributed by atoms with van der Waals surface area (Å²) in [6.45, 7) is 2.16. The van der Waals surface area contributed by atoms with Gasteiger partial charge >= 0.3 is 0 Å². The maximum atomic E-state index is 5.77. The lowest BCUT2D eigenvalue weighted by Crippen LogP contribution is -2.05. The van der Waals surface area contributed by atoms with Crippen LogP contribution in [0.1, 0.15) is 18.5 Å². The number of ether oxygens (including phenoxy) is 3. The number of hydrogen-bond donors (Lipinski definition) is 1. The van der Waals surface area contributed by atoms with Gasteiger partial charge in [-0.3, -0.25) is 0 Å². The first-order chi connectivity index (χ1) is 9.22. The van der Waals surface area contributed by atoms with Gasteiger partial charge in [-0.1, -0.05) is 6.07 Å². The van der Waals surface area contributed by atoms with Gasteiger partial charge in [-0.15, -0.1) is 0 Å². The normalized spacial score (nSPS) is 14.2. The van der Waals surface area contributed by atoms with E-state index in [0.717, 1.165) is 11.3 Å². The molecule has 1 aromatic carbocycles. The second-order valence-corrected chi connectivity index (χ2v) is 4.34. The van der Waals surface area contributed by atoms with E-state index in [1.165, 1.54) is 0 Å². The Kier molecular flexibility index (Phi) is 2.97. The summed E-state index contributed by atoms with van der Waals surface area (Å²) in [6.07, 6.45) is 1.72. The fraction of sp³-hybridized carbons (Fsp3) is 0.214. The Balaban J connectivity index is 1.77. The molecule has 2 heterocycles. The van der Waals surface area contributed by atoms with Crippen LogP contribution < -0.4 is 19.9 Å². The van der Waals surface area contributed by atoms with Gasteiger partial charge in [-0.05, 0) is 24.6 Å². The first kappa shape index (κ1) is 11.8. The number of nitrogens with zero attached hydrogens (tertiary/aromatic N) is 1. The highest BCUT2D eigenvalue weighted by Crippen LogP contribution is 2.36. The van der Waals surface area contributed by atoms with Gasteiger partial charge in [-0.25, -0.2) is 4.98 Å². The first-order valence-corrected chi connectivity index (χ1v) is 6.01. The highest BCUT2D eigenvalue weighted by atomic mass is 16.7. The molecule has 5 nitrogen and oxygen atoms in total. The largest absolute Gasteiger partial charge is 0.454 e. The van der Waals surface area contributed by atoms with Crippen molar-refractivity contribution in [3.05, 3.63) is 42.1 Å². The summed E-state index contributed by atoms with van der Waals surface area (Å²) >= 11 is 0. The molecule has 2 N–H and O–H groups in total. The Labute approximate surface area is 110 Å². The van der Waals surface area contributed by atoms with Gasteiger partial charge in [0.2, 0.25) is 12.7 Å². The van der Waals surface area contributed by atoms with E-state index in [-0.39, 0.29) is 12.8 Å². The highest BCUT2D eigenvalue weighted by Gasteiger charge is 2.14. The average molecular weight is 258 g/mol. The van der Waals surface area contributed by atoms with Gasteiger partial charge < -0.3 is 19.9 Å². The van der Waals surface area contributed by atoms with Crippen LogP contribution in [0.4, 0.5) is 0 Å². The minimum absolute atomic E-state index is 0.0351. The Morgan fingerprint density at radius 1 is 1.21 bits per heavy atom. The smallest absolute Gasteiger partial charge is 0.231 e. The lowest BCUT2D eigenvalue weighted by Gasteiger charge is -2.08. The number of pyridine rings is 1. The van der Waals surface area contributed by atoms with Gasteiger partial charge in [0.1, 0.15) is 5.75 Å². The van der Waals surface area contributed by atoms with Gasteiger partial charge in [0.05, 0.1) is 0 Å². The summed E-state index contributed by atoms with van der Waals surface area (Å²) in [4.78, 5) is 4.21. The molecule has 1 aliphatic rings. The van der Waals surface area contributed by atoms with Crippen LogP contribution >= 0.6 is 0 Å². The van der Waals surface area contributed by atoms with Crippen LogP contribution in [0.2, 0.25) is 0 Å². The number of hydrogen-bond acceptors (Lipinski definition) is 5. The monoisotopic (exact) mass is 258 g/mol. The standard InChI is InChI=1S/C14H14N2O3/c1-9(15)10-2-5-14(16-7-10)19-11-3-4-12-13(6-11)18-8-17-12/h2-7,9H,8,15H2,1H3/t9-/m1/s1. The number of nitrogens with two attached hydrogens (primary N) is 1. The summed E-state index contributed by atoms with van der Waals surface area (Å²) in [5.74, 6) is 2.59. The Hall–Kier alpha value is -2.27. The maximum absolute atomic E-state index is 5.77. The SMILES string of the molecule is C[C@@H](N)c1ccc(Oc2ccc3c(c2)OCO3)nc1. The second-order valence-electron chi connectivity index (χ2n) is 4.34. The van der Waals surface area contributed by atoms with Gasteiger partial charge in [0.25, 0.3) is 0 Å². The molecule has 1 atom stereocenters. The van der Waals surface area contributed by atoms with Gasteiger partial charge in [0, 0.05) is 24.4 Å². The van der Waals surface area contributed by atoms with Crippen LogP contribution in [0.25, 0.3) is 0 Å². The molecule has 0 saturated heterocycles.